The molecule has 1 N–H and O–H groups in total. The summed E-state index contributed by atoms with van der Waals surface area (Å²) < 4.78 is 0.0606. The molecule has 34 heavy (non-hydrogen) atoms. The molecule has 0 heterocycles. The number of carbonyl (C=O) groups excluding carboxylic acids is 1. The number of hydrogen-bond donors (Lipinski definition) is 1. The minimum Gasteiger partial charge on any atom is -0.481 e. The zero-order valence-electron chi connectivity index (χ0n) is 19.2. The third-order valence-corrected chi connectivity index (χ3v) is 8.23. The van der Waals surface area contributed by atoms with Crippen molar-refractivity contribution in [1.82, 2.24) is 4.90 Å². The molecular formula is C27H28ClNO3S2. The quantitative estimate of drug-likeness (QED) is 0.219. The van der Waals surface area contributed by atoms with Gasteiger partial charge in [0.05, 0.1) is 11.0 Å². The van der Waals surface area contributed by atoms with Crippen molar-refractivity contribution >= 4 is 69.9 Å². The molecule has 0 bridgehead atoms. The van der Waals surface area contributed by atoms with Gasteiger partial charge in [0.2, 0.25) is 5.91 Å². The largest absolute Gasteiger partial charge is 0.481 e. The molecule has 3 aromatic carbocycles. The molecule has 0 radical (unpaired) electrons. The van der Waals surface area contributed by atoms with E-state index in [2.05, 4.69) is 48.6 Å². The summed E-state index contributed by atoms with van der Waals surface area (Å²) in [5.74, 6) is 0.498. The van der Waals surface area contributed by atoms with Gasteiger partial charge < -0.3 is 10.0 Å². The monoisotopic (exact) mass is 513 g/mol. The van der Waals surface area contributed by atoms with Crippen LogP contribution in [0.4, 0.5) is 0 Å². The van der Waals surface area contributed by atoms with E-state index in [-0.39, 0.29) is 16.9 Å². The summed E-state index contributed by atoms with van der Waals surface area (Å²) in [7, 11) is 3.51. The number of nitrogens with zero attached hydrogens (tertiary/aromatic N) is 1. The molecule has 4 nitrogen and oxygen atoms in total. The summed E-state index contributed by atoms with van der Waals surface area (Å²) in [6.07, 6.45) is 4.73. The number of carboxylic acids is 1. The van der Waals surface area contributed by atoms with Gasteiger partial charge in [-0.1, -0.05) is 60.2 Å². The maximum atomic E-state index is 12.0. The van der Waals surface area contributed by atoms with Crippen LogP contribution in [-0.4, -0.2) is 47.5 Å². The molecule has 0 unspecified atom stereocenters. The highest BCUT2D eigenvalue weighted by Crippen LogP contribution is 2.40. The van der Waals surface area contributed by atoms with Crippen LogP contribution in [0.25, 0.3) is 22.9 Å². The van der Waals surface area contributed by atoms with Gasteiger partial charge in [0.1, 0.15) is 0 Å². The minimum atomic E-state index is -0.799. The molecule has 7 heteroatoms. The molecule has 0 aliphatic carbocycles. The fraction of sp³-hybridized carbons (Fsp3) is 0.259. The molecule has 1 amide bonds. The van der Waals surface area contributed by atoms with Crippen LogP contribution in [0.3, 0.4) is 0 Å². The maximum Gasteiger partial charge on any atom is 0.304 e. The summed E-state index contributed by atoms with van der Waals surface area (Å²) in [4.78, 5) is 24.5. The average Bonchev–Trinajstić information content (AvgIpc) is 2.81. The number of rotatable bonds is 11. The molecule has 0 spiro atoms. The molecule has 0 aliphatic heterocycles. The van der Waals surface area contributed by atoms with Crippen LogP contribution in [0.5, 0.6) is 0 Å². The van der Waals surface area contributed by atoms with Crippen LogP contribution in [0.2, 0.25) is 5.02 Å². The molecular weight excluding hydrogens is 486 g/mol. The van der Waals surface area contributed by atoms with Gasteiger partial charge in [-0.15, -0.1) is 23.5 Å². The molecule has 3 rings (SSSR count). The average molecular weight is 514 g/mol. The second-order valence-corrected chi connectivity index (χ2v) is 11.2. The molecule has 3 aromatic rings. The Kier molecular flexibility index (Phi) is 9.93. The topological polar surface area (TPSA) is 57.6 Å². The lowest BCUT2D eigenvalue weighted by molar-refractivity contribution is -0.136. The summed E-state index contributed by atoms with van der Waals surface area (Å²) in [6, 6.07) is 20.4. The standard InChI is InChI=1S/C27H28ClNO3S2/c1-29(2)25(30)12-14-33-27(34-15-13-26(31)32)22-5-3-4-19(16-22)6-7-20-8-9-21-10-11-24(28)18-23(21)17-20/h3-11,16-18,27H,12-15H2,1-2H3,(H,31,32)/b7-6+/t27-/m1/s1. The van der Waals surface area contributed by atoms with Crippen LogP contribution in [0.1, 0.15) is 34.1 Å². The lowest BCUT2D eigenvalue weighted by Gasteiger charge is -2.18. The highest BCUT2D eigenvalue weighted by molar-refractivity contribution is 8.16. The number of fused-ring (bicyclic) bond motifs is 1. The van der Waals surface area contributed by atoms with Crippen molar-refractivity contribution in [3.63, 3.8) is 0 Å². The number of halogens is 1. The molecule has 0 aliphatic rings. The summed E-state index contributed by atoms with van der Waals surface area (Å²) in [6.45, 7) is 0. The van der Waals surface area contributed by atoms with E-state index in [9.17, 15) is 9.59 Å². The zero-order chi connectivity index (χ0) is 24.5. The van der Waals surface area contributed by atoms with Crippen LogP contribution >= 0.6 is 35.1 Å². The Bertz CT molecular complexity index is 1180. The van der Waals surface area contributed by atoms with E-state index in [1.54, 1.807) is 42.5 Å². The molecule has 0 saturated carbocycles. The van der Waals surface area contributed by atoms with Gasteiger partial charge >= 0.3 is 5.97 Å². The second-order valence-electron chi connectivity index (χ2n) is 8.01. The number of amides is 1. The minimum absolute atomic E-state index is 0.0606. The second kappa shape index (κ2) is 12.9. The van der Waals surface area contributed by atoms with Crippen LogP contribution in [-0.2, 0) is 9.59 Å². The SMILES string of the molecule is CN(C)C(=O)CCS[C@H](SCCC(=O)O)c1cccc(/C=C/c2ccc3ccc(Cl)cc3c2)c1. The van der Waals surface area contributed by atoms with Crippen molar-refractivity contribution in [3.8, 4) is 0 Å². The Labute approximate surface area is 214 Å². The van der Waals surface area contributed by atoms with E-state index >= 15 is 0 Å². The van der Waals surface area contributed by atoms with E-state index < -0.39 is 5.97 Å². The first-order chi connectivity index (χ1) is 16.3. The summed E-state index contributed by atoms with van der Waals surface area (Å²) in [5, 5.41) is 12.0. The van der Waals surface area contributed by atoms with E-state index in [1.165, 1.54) is 0 Å². The van der Waals surface area contributed by atoms with Crippen molar-refractivity contribution in [2.24, 2.45) is 0 Å². The van der Waals surface area contributed by atoms with Gasteiger partial charge in [0.15, 0.2) is 0 Å². The smallest absolute Gasteiger partial charge is 0.304 e. The van der Waals surface area contributed by atoms with Crippen LogP contribution in [0.15, 0.2) is 60.7 Å². The van der Waals surface area contributed by atoms with Gasteiger partial charge in [-0.25, -0.2) is 0 Å². The van der Waals surface area contributed by atoms with Crippen molar-refractivity contribution < 1.29 is 14.7 Å². The summed E-state index contributed by atoms with van der Waals surface area (Å²) >= 11 is 9.43. The number of hydrogen-bond acceptors (Lipinski definition) is 4. The highest BCUT2D eigenvalue weighted by atomic mass is 35.5. The van der Waals surface area contributed by atoms with Gasteiger partial charge in [-0.3, -0.25) is 9.59 Å². The third-order valence-electron chi connectivity index (χ3n) is 5.15. The predicted octanol–water partition coefficient (Wildman–Crippen LogP) is 7.08. The Balaban J connectivity index is 1.74. The fourth-order valence-electron chi connectivity index (χ4n) is 3.31. The highest BCUT2D eigenvalue weighted by Gasteiger charge is 2.15. The fourth-order valence-corrected chi connectivity index (χ4v) is 6.15. The summed E-state index contributed by atoms with van der Waals surface area (Å²) in [5.41, 5.74) is 3.27. The third kappa shape index (κ3) is 8.12. The van der Waals surface area contributed by atoms with Crippen molar-refractivity contribution in [2.45, 2.75) is 17.4 Å². The first kappa shape index (κ1) is 26.2. The van der Waals surface area contributed by atoms with Gasteiger partial charge in [-0.2, -0.15) is 0 Å². The lowest BCUT2D eigenvalue weighted by Crippen LogP contribution is -2.21. The van der Waals surface area contributed by atoms with E-state index in [1.807, 2.05) is 24.3 Å². The molecule has 0 fully saturated rings. The zero-order valence-corrected chi connectivity index (χ0v) is 21.6. The van der Waals surface area contributed by atoms with Crippen LogP contribution < -0.4 is 0 Å². The number of carboxylic acid groups (broad SMARTS) is 1. The first-order valence-electron chi connectivity index (χ1n) is 10.9. The van der Waals surface area contributed by atoms with Crippen molar-refractivity contribution in [3.05, 3.63) is 82.4 Å². The molecule has 178 valence electrons. The number of aliphatic carboxylic acids is 1. The Morgan fingerprint density at radius 1 is 0.912 bits per heavy atom. The Hall–Kier alpha value is -2.41. The van der Waals surface area contributed by atoms with Crippen molar-refractivity contribution in [2.75, 3.05) is 25.6 Å². The lowest BCUT2D eigenvalue weighted by atomic mass is 10.1. The molecule has 0 aromatic heterocycles. The van der Waals surface area contributed by atoms with E-state index in [4.69, 9.17) is 16.7 Å². The predicted molar refractivity (Wildman–Crippen MR) is 148 cm³/mol. The van der Waals surface area contributed by atoms with Crippen LogP contribution in [0, 0.1) is 0 Å². The van der Waals surface area contributed by atoms with E-state index in [0.29, 0.717) is 17.9 Å². The number of benzene rings is 3. The van der Waals surface area contributed by atoms with E-state index in [0.717, 1.165) is 32.5 Å². The number of carbonyl (C=O) groups is 2. The Morgan fingerprint density at radius 2 is 1.59 bits per heavy atom. The molecule has 0 saturated heterocycles. The maximum absolute atomic E-state index is 12.0. The van der Waals surface area contributed by atoms with Crippen molar-refractivity contribution in [1.29, 1.82) is 0 Å². The number of thioether (sulfide) groups is 2. The van der Waals surface area contributed by atoms with Gasteiger partial charge in [0.25, 0.3) is 0 Å². The first-order valence-corrected chi connectivity index (χ1v) is 13.4. The van der Waals surface area contributed by atoms with Gasteiger partial charge in [0, 0.05) is 37.0 Å². The van der Waals surface area contributed by atoms with Gasteiger partial charge in [-0.05, 0) is 51.7 Å². The molecule has 1 atom stereocenters. The normalized spacial score (nSPS) is 12.2. The Morgan fingerprint density at radius 3 is 2.29 bits per heavy atom.